The van der Waals surface area contributed by atoms with Gasteiger partial charge in [0.15, 0.2) is 0 Å². The fourth-order valence-corrected chi connectivity index (χ4v) is 2.77. The number of nitrogens with one attached hydrogen (secondary N) is 1. The number of carbonyl (C=O) groups is 1. The van der Waals surface area contributed by atoms with Gasteiger partial charge < -0.3 is 5.32 Å². The van der Waals surface area contributed by atoms with Crippen molar-refractivity contribution in [3.05, 3.63) is 35.4 Å². The van der Waals surface area contributed by atoms with Crippen LogP contribution < -0.4 is 5.32 Å². The predicted molar refractivity (Wildman–Crippen MR) is 75.0 cm³/mol. The van der Waals surface area contributed by atoms with Crippen LogP contribution in [-0.4, -0.2) is 11.4 Å². The van der Waals surface area contributed by atoms with Crippen LogP contribution in [0, 0.1) is 0 Å². The molecule has 0 heterocycles. The van der Waals surface area contributed by atoms with E-state index >= 15 is 0 Å². The maximum absolute atomic E-state index is 12.2. The number of benzene rings is 1. The monoisotopic (exact) mass is 265 g/mol. The van der Waals surface area contributed by atoms with Gasteiger partial charge in [-0.3, -0.25) is 4.79 Å². The van der Waals surface area contributed by atoms with Crippen LogP contribution in [0.3, 0.4) is 0 Å². The molecule has 0 spiro atoms. The summed E-state index contributed by atoms with van der Waals surface area (Å²) in [5.74, 6) is 0.463. The normalized spacial score (nSPS) is 18.3. The maximum atomic E-state index is 12.2. The lowest BCUT2D eigenvalue weighted by atomic mass is 9.83. The van der Waals surface area contributed by atoms with Crippen molar-refractivity contribution in [1.29, 1.82) is 0 Å². The van der Waals surface area contributed by atoms with Crippen molar-refractivity contribution < 1.29 is 4.79 Å². The van der Waals surface area contributed by atoms with Crippen LogP contribution in [0.2, 0.25) is 0 Å². The Labute approximate surface area is 114 Å². The van der Waals surface area contributed by atoms with E-state index in [1.54, 1.807) is 0 Å². The van der Waals surface area contributed by atoms with E-state index in [1.807, 2.05) is 24.3 Å². The molecule has 1 fully saturated rings. The van der Waals surface area contributed by atoms with Gasteiger partial charge in [0.1, 0.15) is 0 Å². The number of rotatable bonds is 3. The third-order valence-electron chi connectivity index (χ3n) is 3.72. The lowest BCUT2D eigenvalue weighted by Crippen LogP contribution is -2.47. The van der Waals surface area contributed by atoms with Gasteiger partial charge in [-0.1, -0.05) is 31.4 Å². The molecule has 1 N–H and O–H groups in total. The van der Waals surface area contributed by atoms with E-state index in [-0.39, 0.29) is 11.4 Å². The standard InChI is InChI=1S/C15H20ClNO/c1-15(8-3-2-4-9-15)17-14(18)13-7-5-6-12(10-13)11-16/h5-7,10H,2-4,8-9,11H2,1H3,(H,17,18). The van der Waals surface area contributed by atoms with E-state index in [4.69, 9.17) is 11.6 Å². The van der Waals surface area contributed by atoms with Crippen molar-refractivity contribution in [1.82, 2.24) is 5.32 Å². The summed E-state index contributed by atoms with van der Waals surface area (Å²) < 4.78 is 0. The fraction of sp³-hybridized carbons (Fsp3) is 0.533. The molecular formula is C15H20ClNO. The molecule has 18 heavy (non-hydrogen) atoms. The molecule has 2 rings (SSSR count). The lowest BCUT2D eigenvalue weighted by molar-refractivity contribution is 0.0882. The minimum atomic E-state index is -0.0354. The number of alkyl halides is 1. The summed E-state index contributed by atoms with van der Waals surface area (Å²) in [4.78, 5) is 12.2. The number of hydrogen-bond acceptors (Lipinski definition) is 1. The fourth-order valence-electron chi connectivity index (χ4n) is 2.60. The summed E-state index contributed by atoms with van der Waals surface area (Å²) in [6, 6.07) is 7.54. The number of carbonyl (C=O) groups excluding carboxylic acids is 1. The molecular weight excluding hydrogens is 246 g/mol. The minimum absolute atomic E-state index is 0.0198. The highest BCUT2D eigenvalue weighted by Crippen LogP contribution is 2.27. The molecule has 0 aromatic heterocycles. The average molecular weight is 266 g/mol. The molecule has 2 nitrogen and oxygen atoms in total. The minimum Gasteiger partial charge on any atom is -0.347 e. The topological polar surface area (TPSA) is 29.1 Å². The highest BCUT2D eigenvalue weighted by molar-refractivity contribution is 6.17. The smallest absolute Gasteiger partial charge is 0.251 e. The molecule has 1 aliphatic carbocycles. The van der Waals surface area contributed by atoms with Crippen LogP contribution in [-0.2, 0) is 5.88 Å². The SMILES string of the molecule is CC1(NC(=O)c2cccc(CCl)c2)CCCCC1. The molecule has 0 atom stereocenters. The summed E-state index contributed by atoms with van der Waals surface area (Å²) in [6.07, 6.45) is 5.85. The second-order valence-corrected chi connectivity index (χ2v) is 5.68. The van der Waals surface area contributed by atoms with Gasteiger partial charge >= 0.3 is 0 Å². The maximum Gasteiger partial charge on any atom is 0.251 e. The van der Waals surface area contributed by atoms with Crippen LogP contribution in [0.5, 0.6) is 0 Å². The van der Waals surface area contributed by atoms with Crippen molar-refractivity contribution in [2.75, 3.05) is 0 Å². The molecule has 3 heteroatoms. The third-order valence-corrected chi connectivity index (χ3v) is 4.02. The number of amides is 1. The molecule has 0 unspecified atom stereocenters. The lowest BCUT2D eigenvalue weighted by Gasteiger charge is -2.34. The Kier molecular flexibility index (Phi) is 4.28. The van der Waals surface area contributed by atoms with Crippen LogP contribution >= 0.6 is 11.6 Å². The number of halogens is 1. The highest BCUT2D eigenvalue weighted by Gasteiger charge is 2.28. The van der Waals surface area contributed by atoms with Crippen molar-refractivity contribution in [3.63, 3.8) is 0 Å². The van der Waals surface area contributed by atoms with Crippen LogP contribution in [0.4, 0.5) is 0 Å². The largest absolute Gasteiger partial charge is 0.347 e. The first-order valence-electron chi connectivity index (χ1n) is 6.60. The van der Waals surface area contributed by atoms with E-state index in [2.05, 4.69) is 12.2 Å². The first kappa shape index (κ1) is 13.4. The van der Waals surface area contributed by atoms with Gasteiger partial charge in [-0.25, -0.2) is 0 Å². The molecule has 0 bridgehead atoms. The Hall–Kier alpha value is -1.02. The van der Waals surface area contributed by atoms with Gasteiger partial charge in [-0.15, -0.1) is 11.6 Å². The highest BCUT2D eigenvalue weighted by atomic mass is 35.5. The predicted octanol–water partition coefficient (Wildman–Crippen LogP) is 3.88. The molecule has 0 saturated heterocycles. The zero-order chi connectivity index (χ0) is 13.0. The molecule has 98 valence electrons. The zero-order valence-corrected chi connectivity index (χ0v) is 11.6. The Bertz CT molecular complexity index is 424. The summed E-state index contributed by atoms with van der Waals surface area (Å²) in [5.41, 5.74) is 1.66. The van der Waals surface area contributed by atoms with E-state index in [0.717, 1.165) is 18.4 Å². The Balaban J connectivity index is 2.06. The van der Waals surface area contributed by atoms with Gasteiger partial charge in [-0.2, -0.15) is 0 Å². The van der Waals surface area contributed by atoms with Crippen molar-refractivity contribution in [3.8, 4) is 0 Å². The van der Waals surface area contributed by atoms with Gasteiger partial charge in [0.25, 0.3) is 5.91 Å². The van der Waals surface area contributed by atoms with Crippen LogP contribution in [0.1, 0.15) is 54.9 Å². The third kappa shape index (κ3) is 3.26. The van der Waals surface area contributed by atoms with E-state index < -0.39 is 0 Å². The van der Waals surface area contributed by atoms with E-state index in [0.29, 0.717) is 11.4 Å². The van der Waals surface area contributed by atoms with Crippen molar-refractivity contribution >= 4 is 17.5 Å². The quantitative estimate of drug-likeness (QED) is 0.826. The van der Waals surface area contributed by atoms with E-state index in [9.17, 15) is 4.79 Å². The number of hydrogen-bond donors (Lipinski definition) is 1. The molecule has 0 radical (unpaired) electrons. The van der Waals surface area contributed by atoms with Crippen molar-refractivity contribution in [2.24, 2.45) is 0 Å². The van der Waals surface area contributed by atoms with Gasteiger partial charge in [0, 0.05) is 17.0 Å². The Morgan fingerprint density at radius 1 is 1.33 bits per heavy atom. The Morgan fingerprint density at radius 2 is 2.06 bits per heavy atom. The average Bonchev–Trinajstić information content (AvgIpc) is 2.39. The molecule has 1 aromatic carbocycles. The molecule has 1 aliphatic rings. The Morgan fingerprint density at radius 3 is 2.72 bits per heavy atom. The summed E-state index contributed by atoms with van der Waals surface area (Å²) in [5, 5.41) is 3.18. The van der Waals surface area contributed by atoms with Gasteiger partial charge in [0.2, 0.25) is 0 Å². The summed E-state index contributed by atoms with van der Waals surface area (Å²) in [6.45, 7) is 2.15. The molecule has 1 amide bonds. The summed E-state index contributed by atoms with van der Waals surface area (Å²) in [7, 11) is 0. The molecule has 1 aromatic rings. The summed E-state index contributed by atoms with van der Waals surface area (Å²) >= 11 is 5.79. The second-order valence-electron chi connectivity index (χ2n) is 5.41. The van der Waals surface area contributed by atoms with Gasteiger partial charge in [0.05, 0.1) is 0 Å². The molecule has 1 saturated carbocycles. The molecule has 0 aliphatic heterocycles. The van der Waals surface area contributed by atoms with E-state index in [1.165, 1.54) is 19.3 Å². The first-order chi connectivity index (χ1) is 8.63. The van der Waals surface area contributed by atoms with Crippen molar-refractivity contribution in [2.45, 2.75) is 50.4 Å². The van der Waals surface area contributed by atoms with Crippen LogP contribution in [0.15, 0.2) is 24.3 Å². The zero-order valence-electron chi connectivity index (χ0n) is 10.8. The first-order valence-corrected chi connectivity index (χ1v) is 7.14. The second kappa shape index (κ2) is 5.75. The van der Waals surface area contributed by atoms with Crippen LogP contribution in [0.25, 0.3) is 0 Å². The van der Waals surface area contributed by atoms with Gasteiger partial charge in [-0.05, 0) is 37.5 Å².